The first-order chi connectivity index (χ1) is 11.2. The Hall–Kier alpha value is -2.23. The second kappa shape index (κ2) is 6.90. The van der Waals surface area contributed by atoms with Crippen molar-refractivity contribution in [2.75, 3.05) is 13.1 Å². The van der Waals surface area contributed by atoms with Gasteiger partial charge < -0.3 is 4.90 Å². The molecule has 0 saturated carbocycles. The molecule has 3 rings (SSSR count). The number of likely N-dealkylation sites (tertiary alicyclic amines) is 1. The fourth-order valence-corrected chi connectivity index (χ4v) is 3.44. The maximum Gasteiger partial charge on any atom is 0.209 e. The zero-order chi connectivity index (χ0) is 16.2. The van der Waals surface area contributed by atoms with Gasteiger partial charge in [0, 0.05) is 19.0 Å². The maximum atomic E-state index is 13.2. The highest BCUT2D eigenvalue weighted by Crippen LogP contribution is 2.37. The van der Waals surface area contributed by atoms with E-state index >= 15 is 0 Å². The van der Waals surface area contributed by atoms with Crippen molar-refractivity contribution in [3.8, 4) is 0 Å². The molecular formula is C19H19F2NO. The fourth-order valence-electron chi connectivity index (χ4n) is 3.44. The van der Waals surface area contributed by atoms with Crippen LogP contribution in [0.5, 0.6) is 0 Å². The minimum atomic E-state index is -0.262. The Morgan fingerprint density at radius 2 is 1.30 bits per heavy atom. The molecule has 0 aliphatic carbocycles. The van der Waals surface area contributed by atoms with Crippen LogP contribution >= 0.6 is 0 Å². The van der Waals surface area contributed by atoms with E-state index in [0.29, 0.717) is 5.92 Å². The van der Waals surface area contributed by atoms with E-state index in [9.17, 15) is 13.6 Å². The lowest BCUT2D eigenvalue weighted by Crippen LogP contribution is -2.34. The third kappa shape index (κ3) is 3.58. The summed E-state index contributed by atoms with van der Waals surface area (Å²) in [5.74, 6) is -0.0862. The predicted octanol–water partition coefficient (Wildman–Crippen LogP) is 3.97. The molecule has 1 fully saturated rings. The highest BCUT2D eigenvalue weighted by Gasteiger charge is 2.28. The van der Waals surface area contributed by atoms with Gasteiger partial charge in [0.1, 0.15) is 11.6 Å². The minimum Gasteiger partial charge on any atom is -0.345 e. The predicted molar refractivity (Wildman–Crippen MR) is 85.0 cm³/mol. The normalized spacial score (nSPS) is 15.9. The SMILES string of the molecule is O=CN1CCC(C(c2ccc(F)cc2)c2ccc(F)cc2)CC1. The summed E-state index contributed by atoms with van der Waals surface area (Å²) in [4.78, 5) is 12.7. The molecule has 0 aromatic heterocycles. The molecule has 1 heterocycles. The van der Waals surface area contributed by atoms with E-state index in [1.165, 1.54) is 24.3 Å². The van der Waals surface area contributed by atoms with Gasteiger partial charge in [0.2, 0.25) is 6.41 Å². The molecule has 2 nitrogen and oxygen atoms in total. The summed E-state index contributed by atoms with van der Waals surface area (Å²) in [7, 11) is 0. The number of benzene rings is 2. The van der Waals surface area contributed by atoms with Gasteiger partial charge in [-0.3, -0.25) is 4.79 Å². The number of rotatable bonds is 4. The van der Waals surface area contributed by atoms with Gasteiger partial charge in [-0.1, -0.05) is 24.3 Å². The van der Waals surface area contributed by atoms with Crippen LogP contribution in [-0.4, -0.2) is 24.4 Å². The van der Waals surface area contributed by atoms with E-state index < -0.39 is 0 Å². The Morgan fingerprint density at radius 3 is 1.70 bits per heavy atom. The summed E-state index contributed by atoms with van der Waals surface area (Å²) < 4.78 is 26.5. The summed E-state index contributed by atoms with van der Waals surface area (Å²) >= 11 is 0. The van der Waals surface area contributed by atoms with Crippen LogP contribution in [0.25, 0.3) is 0 Å². The van der Waals surface area contributed by atoms with Crippen molar-refractivity contribution in [2.24, 2.45) is 5.92 Å². The van der Waals surface area contributed by atoms with Gasteiger partial charge in [0.15, 0.2) is 0 Å². The Kier molecular flexibility index (Phi) is 4.70. The Labute approximate surface area is 134 Å². The molecule has 2 aromatic carbocycles. The number of piperidine rings is 1. The van der Waals surface area contributed by atoms with Crippen LogP contribution < -0.4 is 0 Å². The maximum absolute atomic E-state index is 13.2. The molecule has 120 valence electrons. The molecule has 23 heavy (non-hydrogen) atoms. The zero-order valence-corrected chi connectivity index (χ0v) is 12.8. The molecule has 1 aliphatic heterocycles. The van der Waals surface area contributed by atoms with Crippen molar-refractivity contribution in [1.82, 2.24) is 4.90 Å². The summed E-state index contributed by atoms with van der Waals surface area (Å²) in [5, 5.41) is 0. The van der Waals surface area contributed by atoms with Crippen molar-refractivity contribution in [1.29, 1.82) is 0 Å². The first-order valence-corrected chi connectivity index (χ1v) is 7.87. The first kappa shape index (κ1) is 15.7. The minimum absolute atomic E-state index is 0.0880. The van der Waals surface area contributed by atoms with E-state index in [1.54, 1.807) is 29.2 Å². The summed E-state index contributed by atoms with van der Waals surface area (Å²) in [6.07, 6.45) is 2.66. The molecule has 0 atom stereocenters. The monoisotopic (exact) mass is 315 g/mol. The smallest absolute Gasteiger partial charge is 0.209 e. The van der Waals surface area contributed by atoms with E-state index in [4.69, 9.17) is 0 Å². The van der Waals surface area contributed by atoms with Gasteiger partial charge in [0.25, 0.3) is 0 Å². The second-order valence-corrected chi connectivity index (χ2v) is 6.06. The van der Waals surface area contributed by atoms with Gasteiger partial charge in [-0.05, 0) is 54.2 Å². The van der Waals surface area contributed by atoms with Crippen LogP contribution in [-0.2, 0) is 4.79 Å². The molecule has 0 spiro atoms. The quantitative estimate of drug-likeness (QED) is 0.782. The summed E-state index contributed by atoms with van der Waals surface area (Å²) in [6.45, 7) is 1.46. The van der Waals surface area contributed by atoms with Crippen molar-refractivity contribution in [3.05, 3.63) is 71.3 Å². The largest absolute Gasteiger partial charge is 0.345 e. The lowest BCUT2D eigenvalue weighted by molar-refractivity contribution is -0.119. The van der Waals surface area contributed by atoms with Gasteiger partial charge in [0.05, 0.1) is 0 Å². The number of halogens is 2. The van der Waals surface area contributed by atoms with Crippen LogP contribution in [0.2, 0.25) is 0 Å². The van der Waals surface area contributed by atoms with Crippen molar-refractivity contribution < 1.29 is 13.6 Å². The second-order valence-electron chi connectivity index (χ2n) is 6.06. The Bertz CT molecular complexity index is 601. The van der Waals surface area contributed by atoms with Crippen LogP contribution in [0.3, 0.4) is 0 Å². The molecule has 1 aliphatic rings. The van der Waals surface area contributed by atoms with Crippen LogP contribution in [0.15, 0.2) is 48.5 Å². The lowest BCUT2D eigenvalue weighted by atomic mass is 9.76. The van der Waals surface area contributed by atoms with Gasteiger partial charge in [-0.25, -0.2) is 8.78 Å². The average Bonchev–Trinajstić information content (AvgIpc) is 2.59. The van der Waals surface area contributed by atoms with E-state index in [2.05, 4.69) is 0 Å². The summed E-state index contributed by atoms with van der Waals surface area (Å²) in [5.41, 5.74) is 2.06. The molecule has 0 radical (unpaired) electrons. The topological polar surface area (TPSA) is 20.3 Å². The molecule has 0 unspecified atom stereocenters. The molecule has 0 bridgehead atoms. The van der Waals surface area contributed by atoms with Gasteiger partial charge in [-0.2, -0.15) is 0 Å². The first-order valence-electron chi connectivity index (χ1n) is 7.87. The van der Waals surface area contributed by atoms with Crippen molar-refractivity contribution in [3.63, 3.8) is 0 Å². The highest BCUT2D eigenvalue weighted by atomic mass is 19.1. The van der Waals surface area contributed by atoms with E-state index in [0.717, 1.165) is 43.5 Å². The summed E-state index contributed by atoms with van der Waals surface area (Å²) in [6, 6.07) is 13.1. The zero-order valence-electron chi connectivity index (χ0n) is 12.8. The molecule has 1 saturated heterocycles. The number of hydrogen-bond donors (Lipinski definition) is 0. The molecular weight excluding hydrogens is 296 g/mol. The molecule has 4 heteroatoms. The van der Waals surface area contributed by atoms with Crippen LogP contribution in [0, 0.1) is 17.6 Å². The molecule has 1 amide bonds. The van der Waals surface area contributed by atoms with Crippen LogP contribution in [0.1, 0.15) is 29.9 Å². The lowest BCUT2D eigenvalue weighted by Gasteiger charge is -2.35. The number of carbonyl (C=O) groups excluding carboxylic acids is 1. The number of carbonyl (C=O) groups is 1. The Morgan fingerprint density at radius 1 is 0.870 bits per heavy atom. The average molecular weight is 315 g/mol. The fraction of sp³-hybridized carbons (Fsp3) is 0.316. The van der Waals surface area contributed by atoms with Crippen molar-refractivity contribution >= 4 is 6.41 Å². The third-order valence-corrected chi connectivity index (χ3v) is 4.65. The van der Waals surface area contributed by atoms with E-state index in [-0.39, 0.29) is 17.6 Å². The van der Waals surface area contributed by atoms with E-state index in [1.807, 2.05) is 0 Å². The molecule has 2 aromatic rings. The van der Waals surface area contributed by atoms with Gasteiger partial charge >= 0.3 is 0 Å². The van der Waals surface area contributed by atoms with Crippen molar-refractivity contribution in [2.45, 2.75) is 18.8 Å². The van der Waals surface area contributed by atoms with Crippen LogP contribution in [0.4, 0.5) is 8.78 Å². The van der Waals surface area contributed by atoms with Gasteiger partial charge in [-0.15, -0.1) is 0 Å². The standard InChI is InChI=1S/C19H19F2NO/c20-17-5-1-14(2-6-17)19(15-3-7-18(21)8-4-15)16-9-11-22(13-23)12-10-16/h1-8,13,16,19H,9-12H2. The Balaban J connectivity index is 1.91. The molecule has 0 N–H and O–H groups in total. The number of hydrogen-bond acceptors (Lipinski definition) is 1. The number of amides is 1. The highest BCUT2D eigenvalue weighted by molar-refractivity contribution is 5.47. The number of nitrogens with zero attached hydrogens (tertiary/aromatic N) is 1. The third-order valence-electron chi connectivity index (χ3n) is 4.65.